The Bertz CT molecular complexity index is 298. The summed E-state index contributed by atoms with van der Waals surface area (Å²) in [5, 5.41) is 3.43. The van der Waals surface area contributed by atoms with Gasteiger partial charge in [0.1, 0.15) is 0 Å². The normalized spacial score (nSPS) is 12.6. The fourth-order valence-electron chi connectivity index (χ4n) is 1.78. The van der Waals surface area contributed by atoms with E-state index in [4.69, 9.17) is 4.74 Å². The number of ether oxygens (including phenoxy) is 1. The predicted molar refractivity (Wildman–Crippen MR) is 71.3 cm³/mol. The molecule has 0 aliphatic rings. The zero-order valence-electron chi connectivity index (χ0n) is 11.2. The number of aromatic nitrogens is 1. The van der Waals surface area contributed by atoms with Gasteiger partial charge >= 0.3 is 0 Å². The second kappa shape index (κ2) is 8.20. The summed E-state index contributed by atoms with van der Waals surface area (Å²) in [5.74, 6) is 0. The molecule has 0 aliphatic heterocycles. The van der Waals surface area contributed by atoms with E-state index in [9.17, 15) is 0 Å². The molecule has 0 aromatic carbocycles. The summed E-state index contributed by atoms with van der Waals surface area (Å²) in [7, 11) is 0. The zero-order chi connectivity index (χ0) is 12.5. The van der Waals surface area contributed by atoms with Crippen molar-refractivity contribution < 1.29 is 4.74 Å². The third kappa shape index (κ3) is 5.29. The van der Waals surface area contributed by atoms with Crippen molar-refractivity contribution in [2.45, 2.75) is 39.7 Å². The van der Waals surface area contributed by atoms with E-state index in [2.05, 4.69) is 36.3 Å². The van der Waals surface area contributed by atoms with Crippen LogP contribution < -0.4 is 5.32 Å². The average molecular weight is 236 g/mol. The van der Waals surface area contributed by atoms with Gasteiger partial charge in [0.2, 0.25) is 0 Å². The monoisotopic (exact) mass is 236 g/mol. The predicted octanol–water partition coefficient (Wildman–Crippen LogP) is 2.20. The SMILES string of the molecule is CCNC(COCC)Cc1ccc(CC)cn1. The lowest BCUT2D eigenvalue weighted by molar-refractivity contribution is 0.123. The van der Waals surface area contributed by atoms with E-state index in [1.165, 1.54) is 5.56 Å². The minimum absolute atomic E-state index is 0.361. The molecule has 96 valence electrons. The first-order valence-corrected chi connectivity index (χ1v) is 6.55. The fourth-order valence-corrected chi connectivity index (χ4v) is 1.78. The highest BCUT2D eigenvalue weighted by Gasteiger charge is 2.09. The summed E-state index contributed by atoms with van der Waals surface area (Å²) in [6.45, 7) is 8.77. The maximum Gasteiger partial charge on any atom is 0.0623 e. The number of aryl methyl sites for hydroxylation is 1. The van der Waals surface area contributed by atoms with Crippen LogP contribution in [0, 0.1) is 0 Å². The molecule has 3 heteroatoms. The fraction of sp³-hybridized carbons (Fsp3) is 0.643. The smallest absolute Gasteiger partial charge is 0.0623 e. The minimum atomic E-state index is 0.361. The van der Waals surface area contributed by atoms with Crippen molar-refractivity contribution in [2.24, 2.45) is 0 Å². The Morgan fingerprint density at radius 2 is 2.12 bits per heavy atom. The van der Waals surface area contributed by atoms with Gasteiger partial charge in [-0.25, -0.2) is 0 Å². The first-order valence-electron chi connectivity index (χ1n) is 6.55. The molecule has 0 saturated heterocycles. The number of hydrogen-bond acceptors (Lipinski definition) is 3. The number of nitrogens with one attached hydrogen (secondary N) is 1. The second-order valence-corrected chi connectivity index (χ2v) is 4.13. The van der Waals surface area contributed by atoms with Gasteiger partial charge in [-0.15, -0.1) is 0 Å². The molecule has 0 aliphatic carbocycles. The van der Waals surface area contributed by atoms with Gasteiger partial charge in [-0.05, 0) is 31.5 Å². The third-order valence-electron chi connectivity index (χ3n) is 2.77. The standard InChI is InChI=1S/C14H24N2O/c1-4-12-7-8-13(16-10-12)9-14(15-5-2)11-17-6-3/h7-8,10,14-15H,4-6,9,11H2,1-3H3. The summed E-state index contributed by atoms with van der Waals surface area (Å²) in [6, 6.07) is 4.64. The largest absolute Gasteiger partial charge is 0.380 e. The van der Waals surface area contributed by atoms with Crippen molar-refractivity contribution in [3.05, 3.63) is 29.6 Å². The van der Waals surface area contributed by atoms with Crippen LogP contribution in [-0.2, 0) is 17.6 Å². The summed E-state index contributed by atoms with van der Waals surface area (Å²) < 4.78 is 5.48. The van der Waals surface area contributed by atoms with Crippen molar-refractivity contribution >= 4 is 0 Å². The van der Waals surface area contributed by atoms with Gasteiger partial charge in [-0.3, -0.25) is 4.98 Å². The van der Waals surface area contributed by atoms with Crippen molar-refractivity contribution in [2.75, 3.05) is 19.8 Å². The Labute approximate surface area is 105 Å². The molecule has 0 amide bonds. The van der Waals surface area contributed by atoms with Crippen LogP contribution in [0.4, 0.5) is 0 Å². The lowest BCUT2D eigenvalue weighted by atomic mass is 10.1. The number of rotatable bonds is 8. The third-order valence-corrected chi connectivity index (χ3v) is 2.77. The van der Waals surface area contributed by atoms with E-state index in [1.807, 2.05) is 13.1 Å². The number of pyridine rings is 1. The molecule has 0 bridgehead atoms. The van der Waals surface area contributed by atoms with Crippen molar-refractivity contribution in [1.82, 2.24) is 10.3 Å². The van der Waals surface area contributed by atoms with Gasteiger partial charge in [-0.2, -0.15) is 0 Å². The van der Waals surface area contributed by atoms with E-state index in [0.29, 0.717) is 6.04 Å². The topological polar surface area (TPSA) is 34.1 Å². The highest BCUT2D eigenvalue weighted by Crippen LogP contribution is 2.04. The number of hydrogen-bond donors (Lipinski definition) is 1. The van der Waals surface area contributed by atoms with Crippen LogP contribution in [0.1, 0.15) is 32.0 Å². The lowest BCUT2D eigenvalue weighted by Crippen LogP contribution is -2.35. The first-order chi connectivity index (χ1) is 8.30. The van der Waals surface area contributed by atoms with Gasteiger partial charge in [0.25, 0.3) is 0 Å². The van der Waals surface area contributed by atoms with E-state index in [1.54, 1.807) is 0 Å². The van der Waals surface area contributed by atoms with Crippen LogP contribution in [0.5, 0.6) is 0 Å². The Morgan fingerprint density at radius 3 is 2.65 bits per heavy atom. The average Bonchev–Trinajstić information content (AvgIpc) is 2.37. The van der Waals surface area contributed by atoms with Gasteiger partial charge in [0, 0.05) is 31.0 Å². The van der Waals surface area contributed by atoms with Crippen LogP contribution >= 0.6 is 0 Å². The van der Waals surface area contributed by atoms with Gasteiger partial charge in [-0.1, -0.05) is 19.9 Å². The molecule has 0 radical (unpaired) electrons. The Morgan fingerprint density at radius 1 is 1.29 bits per heavy atom. The van der Waals surface area contributed by atoms with Crippen LogP contribution in [0.15, 0.2) is 18.3 Å². The van der Waals surface area contributed by atoms with Crippen molar-refractivity contribution in [1.29, 1.82) is 0 Å². The lowest BCUT2D eigenvalue weighted by Gasteiger charge is -2.17. The maximum absolute atomic E-state index is 5.48. The molecular formula is C14H24N2O. The second-order valence-electron chi connectivity index (χ2n) is 4.13. The number of nitrogens with zero attached hydrogens (tertiary/aromatic N) is 1. The number of likely N-dealkylation sites (N-methyl/N-ethyl adjacent to an activating group) is 1. The molecule has 1 unspecified atom stereocenters. The van der Waals surface area contributed by atoms with E-state index >= 15 is 0 Å². The van der Waals surface area contributed by atoms with Gasteiger partial charge in [0.15, 0.2) is 0 Å². The molecule has 1 aromatic rings. The van der Waals surface area contributed by atoms with E-state index < -0.39 is 0 Å². The molecular weight excluding hydrogens is 212 g/mol. The van der Waals surface area contributed by atoms with Gasteiger partial charge in [0.05, 0.1) is 6.61 Å². The Hall–Kier alpha value is -0.930. The maximum atomic E-state index is 5.48. The van der Waals surface area contributed by atoms with E-state index in [-0.39, 0.29) is 0 Å². The van der Waals surface area contributed by atoms with Crippen LogP contribution in [-0.4, -0.2) is 30.8 Å². The Balaban J connectivity index is 2.51. The van der Waals surface area contributed by atoms with Crippen molar-refractivity contribution in [3.63, 3.8) is 0 Å². The molecule has 0 spiro atoms. The summed E-state index contributed by atoms with van der Waals surface area (Å²) in [6.07, 6.45) is 3.94. The molecule has 1 aromatic heterocycles. The molecule has 1 rings (SSSR count). The van der Waals surface area contributed by atoms with Crippen molar-refractivity contribution in [3.8, 4) is 0 Å². The van der Waals surface area contributed by atoms with Crippen LogP contribution in [0.25, 0.3) is 0 Å². The zero-order valence-corrected chi connectivity index (χ0v) is 11.2. The van der Waals surface area contributed by atoms with Gasteiger partial charge < -0.3 is 10.1 Å². The minimum Gasteiger partial charge on any atom is -0.380 e. The first kappa shape index (κ1) is 14.1. The molecule has 1 N–H and O–H groups in total. The summed E-state index contributed by atoms with van der Waals surface area (Å²) in [5.41, 5.74) is 2.42. The van der Waals surface area contributed by atoms with E-state index in [0.717, 1.165) is 38.3 Å². The quantitative estimate of drug-likeness (QED) is 0.751. The Kier molecular flexibility index (Phi) is 6.82. The van der Waals surface area contributed by atoms with Crippen LogP contribution in [0.2, 0.25) is 0 Å². The highest BCUT2D eigenvalue weighted by atomic mass is 16.5. The van der Waals surface area contributed by atoms with Crippen LogP contribution in [0.3, 0.4) is 0 Å². The molecule has 1 atom stereocenters. The molecule has 1 heterocycles. The summed E-state index contributed by atoms with van der Waals surface area (Å²) in [4.78, 5) is 4.48. The molecule has 17 heavy (non-hydrogen) atoms. The highest BCUT2D eigenvalue weighted by molar-refractivity contribution is 5.14. The molecule has 3 nitrogen and oxygen atoms in total. The molecule has 0 fully saturated rings. The summed E-state index contributed by atoms with van der Waals surface area (Å²) >= 11 is 0. The molecule has 0 saturated carbocycles.